The number of hydrogen-bond donors (Lipinski definition) is 1. The molecule has 0 aliphatic rings. The molecule has 0 saturated carbocycles. The summed E-state index contributed by atoms with van der Waals surface area (Å²) in [5.41, 5.74) is 2.27. The van der Waals surface area contributed by atoms with E-state index in [2.05, 4.69) is 10.3 Å². The van der Waals surface area contributed by atoms with E-state index in [1.165, 1.54) is 0 Å². The van der Waals surface area contributed by atoms with E-state index in [0.29, 0.717) is 10.0 Å². The van der Waals surface area contributed by atoms with Gasteiger partial charge in [-0.2, -0.15) is 0 Å². The molecule has 0 atom stereocenters. The van der Waals surface area contributed by atoms with Gasteiger partial charge in [0.1, 0.15) is 0 Å². The summed E-state index contributed by atoms with van der Waals surface area (Å²) in [6.45, 7) is 1.54. The van der Waals surface area contributed by atoms with Crippen LogP contribution >= 0.6 is 23.2 Å². The second-order valence-electron chi connectivity index (χ2n) is 3.71. The maximum atomic E-state index is 5.94. The fourth-order valence-electron chi connectivity index (χ4n) is 1.50. The third kappa shape index (κ3) is 3.70. The topological polar surface area (TPSA) is 24.9 Å². The van der Waals surface area contributed by atoms with E-state index >= 15 is 0 Å². The number of nitrogens with one attached hydrogen (secondary N) is 1. The minimum absolute atomic E-state index is 0.586. The lowest BCUT2D eigenvalue weighted by Crippen LogP contribution is -2.12. The summed E-state index contributed by atoms with van der Waals surface area (Å²) in [5, 5.41) is 4.50. The van der Waals surface area contributed by atoms with Gasteiger partial charge in [0.05, 0.1) is 10.0 Å². The first kappa shape index (κ1) is 12.4. The molecule has 0 unspecified atom stereocenters. The van der Waals surface area contributed by atoms with Crippen molar-refractivity contribution in [3.63, 3.8) is 0 Å². The second-order valence-corrected chi connectivity index (χ2v) is 4.53. The van der Waals surface area contributed by atoms with Gasteiger partial charge in [0.15, 0.2) is 0 Å². The molecule has 1 aromatic heterocycles. The van der Waals surface area contributed by atoms with Gasteiger partial charge in [-0.05, 0) is 29.3 Å². The van der Waals surface area contributed by atoms with Crippen LogP contribution in [0.1, 0.15) is 11.1 Å². The van der Waals surface area contributed by atoms with Crippen LogP contribution in [0.25, 0.3) is 0 Å². The summed E-state index contributed by atoms with van der Waals surface area (Å²) in [7, 11) is 0. The Kier molecular flexibility index (Phi) is 4.37. The van der Waals surface area contributed by atoms with Crippen molar-refractivity contribution >= 4 is 23.2 Å². The highest BCUT2D eigenvalue weighted by Crippen LogP contribution is 2.22. The standard InChI is InChI=1S/C13H12Cl2N2/c14-12-4-3-10(6-13(12)15)7-17-9-11-2-1-5-16-8-11/h1-6,8,17H,7,9H2. The number of pyridine rings is 1. The minimum atomic E-state index is 0.586. The molecule has 0 saturated heterocycles. The molecule has 1 aromatic carbocycles. The molecule has 2 nitrogen and oxygen atoms in total. The number of halogens is 2. The molecule has 0 aliphatic heterocycles. The van der Waals surface area contributed by atoms with Crippen LogP contribution in [0.3, 0.4) is 0 Å². The maximum absolute atomic E-state index is 5.94. The summed E-state index contributed by atoms with van der Waals surface area (Å²) in [6, 6.07) is 9.61. The summed E-state index contributed by atoms with van der Waals surface area (Å²) >= 11 is 11.8. The van der Waals surface area contributed by atoms with Crippen LogP contribution in [0.5, 0.6) is 0 Å². The lowest BCUT2D eigenvalue weighted by molar-refractivity contribution is 0.691. The normalized spacial score (nSPS) is 10.5. The Bertz CT molecular complexity index is 486. The monoisotopic (exact) mass is 266 g/mol. The summed E-state index contributed by atoms with van der Waals surface area (Å²) < 4.78 is 0. The Morgan fingerprint density at radius 2 is 1.82 bits per heavy atom. The zero-order chi connectivity index (χ0) is 12.1. The molecule has 4 heteroatoms. The maximum Gasteiger partial charge on any atom is 0.0595 e. The van der Waals surface area contributed by atoms with Gasteiger partial charge in [-0.1, -0.05) is 35.3 Å². The van der Waals surface area contributed by atoms with Crippen LogP contribution in [0.15, 0.2) is 42.7 Å². The smallest absolute Gasteiger partial charge is 0.0595 e. The minimum Gasteiger partial charge on any atom is -0.309 e. The molecule has 0 bridgehead atoms. The molecule has 2 aromatic rings. The number of aromatic nitrogens is 1. The Morgan fingerprint density at radius 3 is 2.53 bits per heavy atom. The van der Waals surface area contributed by atoms with Gasteiger partial charge < -0.3 is 5.32 Å². The molecule has 17 heavy (non-hydrogen) atoms. The average molecular weight is 267 g/mol. The second kappa shape index (κ2) is 6.01. The lowest BCUT2D eigenvalue weighted by atomic mass is 10.2. The summed E-state index contributed by atoms with van der Waals surface area (Å²) in [6.07, 6.45) is 3.62. The van der Waals surface area contributed by atoms with Crippen LogP contribution in [0.4, 0.5) is 0 Å². The zero-order valence-electron chi connectivity index (χ0n) is 9.16. The molecular formula is C13H12Cl2N2. The molecule has 0 fully saturated rings. The van der Waals surface area contributed by atoms with Crippen molar-refractivity contribution in [3.8, 4) is 0 Å². The van der Waals surface area contributed by atoms with Gasteiger partial charge >= 0.3 is 0 Å². The number of rotatable bonds is 4. The van der Waals surface area contributed by atoms with Crippen molar-refractivity contribution in [1.29, 1.82) is 0 Å². The molecule has 1 N–H and O–H groups in total. The van der Waals surface area contributed by atoms with E-state index in [1.54, 1.807) is 6.20 Å². The molecular weight excluding hydrogens is 255 g/mol. The predicted molar refractivity (Wildman–Crippen MR) is 71.2 cm³/mol. The van der Waals surface area contributed by atoms with E-state index in [4.69, 9.17) is 23.2 Å². The fourth-order valence-corrected chi connectivity index (χ4v) is 1.82. The van der Waals surface area contributed by atoms with Crippen LogP contribution in [-0.4, -0.2) is 4.98 Å². The summed E-state index contributed by atoms with van der Waals surface area (Å²) in [5.74, 6) is 0. The van der Waals surface area contributed by atoms with Gasteiger partial charge in [-0.3, -0.25) is 4.98 Å². The third-order valence-electron chi connectivity index (χ3n) is 2.37. The highest BCUT2D eigenvalue weighted by atomic mass is 35.5. The van der Waals surface area contributed by atoms with Crippen molar-refractivity contribution in [2.45, 2.75) is 13.1 Å². The first-order valence-corrected chi connectivity index (χ1v) is 6.05. The predicted octanol–water partition coefficient (Wildman–Crippen LogP) is 3.68. The van der Waals surface area contributed by atoms with E-state index in [9.17, 15) is 0 Å². The molecule has 2 rings (SSSR count). The Balaban J connectivity index is 1.88. The SMILES string of the molecule is Clc1ccc(CNCc2cccnc2)cc1Cl. The van der Waals surface area contributed by atoms with Crippen molar-refractivity contribution < 1.29 is 0 Å². The first-order chi connectivity index (χ1) is 8.25. The largest absolute Gasteiger partial charge is 0.309 e. The van der Waals surface area contributed by atoms with E-state index in [0.717, 1.165) is 24.2 Å². The molecule has 1 heterocycles. The summed E-state index contributed by atoms with van der Waals surface area (Å²) in [4.78, 5) is 4.06. The number of nitrogens with zero attached hydrogens (tertiary/aromatic N) is 1. The molecule has 0 radical (unpaired) electrons. The van der Waals surface area contributed by atoms with E-state index in [1.807, 2.05) is 36.5 Å². The fraction of sp³-hybridized carbons (Fsp3) is 0.154. The molecule has 0 aliphatic carbocycles. The van der Waals surface area contributed by atoms with Crippen molar-refractivity contribution in [1.82, 2.24) is 10.3 Å². The van der Waals surface area contributed by atoms with Crippen molar-refractivity contribution in [2.75, 3.05) is 0 Å². The van der Waals surface area contributed by atoms with Gasteiger partial charge in [-0.15, -0.1) is 0 Å². The van der Waals surface area contributed by atoms with Gasteiger partial charge in [0.25, 0.3) is 0 Å². The van der Waals surface area contributed by atoms with Crippen LogP contribution in [-0.2, 0) is 13.1 Å². The average Bonchev–Trinajstić information content (AvgIpc) is 2.35. The lowest BCUT2D eigenvalue weighted by Gasteiger charge is -2.05. The highest BCUT2D eigenvalue weighted by molar-refractivity contribution is 6.42. The Morgan fingerprint density at radius 1 is 1.00 bits per heavy atom. The quantitative estimate of drug-likeness (QED) is 0.914. The number of benzene rings is 1. The van der Waals surface area contributed by atoms with E-state index in [-0.39, 0.29) is 0 Å². The van der Waals surface area contributed by atoms with Crippen molar-refractivity contribution in [2.24, 2.45) is 0 Å². The van der Waals surface area contributed by atoms with Gasteiger partial charge in [0, 0.05) is 25.5 Å². The third-order valence-corrected chi connectivity index (χ3v) is 3.10. The molecule has 0 spiro atoms. The molecule has 0 amide bonds. The number of hydrogen-bond acceptors (Lipinski definition) is 2. The highest BCUT2D eigenvalue weighted by Gasteiger charge is 1.99. The van der Waals surface area contributed by atoms with Crippen LogP contribution in [0.2, 0.25) is 10.0 Å². The van der Waals surface area contributed by atoms with E-state index < -0.39 is 0 Å². The zero-order valence-corrected chi connectivity index (χ0v) is 10.7. The van der Waals surface area contributed by atoms with Gasteiger partial charge in [-0.25, -0.2) is 0 Å². The van der Waals surface area contributed by atoms with Crippen LogP contribution in [0, 0.1) is 0 Å². The Hall–Kier alpha value is -1.09. The van der Waals surface area contributed by atoms with Crippen LogP contribution < -0.4 is 5.32 Å². The molecule has 88 valence electrons. The Labute approximate surface area is 111 Å². The first-order valence-electron chi connectivity index (χ1n) is 5.29. The van der Waals surface area contributed by atoms with Gasteiger partial charge in [0.2, 0.25) is 0 Å². The van der Waals surface area contributed by atoms with Crippen molar-refractivity contribution in [3.05, 3.63) is 63.9 Å².